The number of ether oxygens (including phenoxy) is 1. The van der Waals surface area contributed by atoms with Gasteiger partial charge in [0, 0.05) is 16.7 Å². The summed E-state index contributed by atoms with van der Waals surface area (Å²) in [6.45, 7) is 19.1. The zero-order valence-electron chi connectivity index (χ0n) is 18.1. The van der Waals surface area contributed by atoms with Crippen molar-refractivity contribution < 1.29 is 59.0 Å². The maximum atomic E-state index is 10.6. The normalized spacial score (nSPS) is 10.6. The predicted octanol–water partition coefficient (Wildman–Crippen LogP) is 2.12. The molecule has 0 aromatic carbocycles. The monoisotopic (exact) mass is 482 g/mol. The third-order valence-corrected chi connectivity index (χ3v) is 3.39. The van der Waals surface area contributed by atoms with Gasteiger partial charge in [-0.3, -0.25) is 14.4 Å². The molecular formula is C22H26O12. The van der Waals surface area contributed by atoms with E-state index in [0.29, 0.717) is 0 Å². The molecule has 0 heterocycles. The zero-order valence-corrected chi connectivity index (χ0v) is 18.1. The van der Waals surface area contributed by atoms with E-state index in [1.54, 1.807) is 0 Å². The van der Waals surface area contributed by atoms with Crippen LogP contribution in [0, 0.1) is 11.8 Å². The van der Waals surface area contributed by atoms with Crippen molar-refractivity contribution in [3.8, 4) is 0 Å². The van der Waals surface area contributed by atoms with Crippen LogP contribution in [0.15, 0.2) is 74.6 Å². The number of rotatable bonds is 13. The summed E-state index contributed by atoms with van der Waals surface area (Å²) in [5.74, 6) is -9.21. The maximum absolute atomic E-state index is 10.6. The van der Waals surface area contributed by atoms with Gasteiger partial charge in [-0.05, 0) is 6.42 Å². The molecule has 0 aromatic rings. The van der Waals surface area contributed by atoms with Crippen LogP contribution in [-0.4, -0.2) is 61.3 Å². The predicted molar refractivity (Wildman–Crippen MR) is 118 cm³/mol. The fourth-order valence-electron chi connectivity index (χ4n) is 1.65. The minimum atomic E-state index is -1.32. The van der Waals surface area contributed by atoms with Crippen LogP contribution >= 0.6 is 0 Å². The quantitative estimate of drug-likeness (QED) is 0.110. The highest BCUT2D eigenvalue weighted by Crippen LogP contribution is 2.14. The van der Waals surface area contributed by atoms with Crippen LogP contribution in [0.1, 0.15) is 12.8 Å². The van der Waals surface area contributed by atoms with Crippen LogP contribution in [-0.2, 0) is 33.5 Å². The highest BCUT2D eigenvalue weighted by atomic mass is 16.5. The van der Waals surface area contributed by atoms with Gasteiger partial charge in [-0.1, -0.05) is 38.5 Å². The van der Waals surface area contributed by atoms with Gasteiger partial charge < -0.3 is 30.3 Å². The third-order valence-electron chi connectivity index (χ3n) is 3.39. The molecule has 0 saturated carbocycles. The van der Waals surface area contributed by atoms with E-state index in [2.05, 4.69) is 44.2 Å². The average Bonchev–Trinajstić information content (AvgIpc) is 2.71. The fraction of sp³-hybridized carbons (Fsp3) is 0.182. The number of hydrogen-bond acceptors (Lipinski definition) is 7. The smallest absolute Gasteiger partial charge is 0.338 e. The number of carboxylic acid groups (broad SMARTS) is 5. The molecule has 2 atom stereocenters. The summed E-state index contributed by atoms with van der Waals surface area (Å²) in [6.07, 6.45) is 2.98. The van der Waals surface area contributed by atoms with Gasteiger partial charge in [0.1, 0.15) is 5.92 Å². The lowest BCUT2D eigenvalue weighted by Gasteiger charge is -2.08. The van der Waals surface area contributed by atoms with Crippen LogP contribution < -0.4 is 0 Å². The van der Waals surface area contributed by atoms with Gasteiger partial charge in [0.15, 0.2) is 0 Å². The second-order valence-corrected chi connectivity index (χ2v) is 5.87. The summed E-state index contributed by atoms with van der Waals surface area (Å²) < 4.78 is 4.27. The lowest BCUT2D eigenvalue weighted by atomic mass is 9.97. The van der Waals surface area contributed by atoms with E-state index in [1.165, 1.54) is 6.08 Å². The van der Waals surface area contributed by atoms with E-state index < -0.39 is 54.1 Å². The molecule has 0 rings (SSSR count). The van der Waals surface area contributed by atoms with Crippen LogP contribution in [0.5, 0.6) is 0 Å². The highest BCUT2D eigenvalue weighted by molar-refractivity contribution is 5.94. The molecular weight excluding hydrogens is 456 g/mol. The summed E-state index contributed by atoms with van der Waals surface area (Å²) in [6, 6.07) is 0. The Labute approximate surface area is 194 Å². The number of esters is 1. The highest BCUT2D eigenvalue weighted by Gasteiger charge is 2.24. The second-order valence-electron chi connectivity index (χ2n) is 5.87. The largest absolute Gasteiger partial charge is 0.481 e. The van der Waals surface area contributed by atoms with Crippen molar-refractivity contribution in [2.45, 2.75) is 12.8 Å². The molecule has 0 amide bonds. The van der Waals surface area contributed by atoms with Crippen LogP contribution in [0.3, 0.4) is 0 Å². The van der Waals surface area contributed by atoms with E-state index in [0.717, 1.165) is 12.3 Å². The number of carbonyl (C=O) groups excluding carboxylic acids is 1. The van der Waals surface area contributed by atoms with E-state index >= 15 is 0 Å². The molecule has 12 nitrogen and oxygen atoms in total. The summed E-state index contributed by atoms with van der Waals surface area (Å²) in [5, 5.41) is 41.9. The van der Waals surface area contributed by atoms with E-state index in [1.807, 2.05) is 0 Å². The number of allylic oxidation sites excluding steroid dienone is 1. The molecule has 0 aliphatic heterocycles. The zero-order chi connectivity index (χ0) is 27.6. The maximum Gasteiger partial charge on any atom is 0.338 e. The minimum Gasteiger partial charge on any atom is -0.481 e. The van der Waals surface area contributed by atoms with E-state index in [4.69, 9.17) is 25.5 Å². The molecule has 0 radical (unpaired) electrons. The van der Waals surface area contributed by atoms with Crippen molar-refractivity contribution in [3.05, 3.63) is 74.6 Å². The SMILES string of the molecule is C=CC(C(=C)C(=O)O)C(=O)O.C=CCC(C(=C)C(=O)O)C(=O)O.C=COC(=O)C(=C)CC(=O)O. The molecule has 0 saturated heterocycles. The van der Waals surface area contributed by atoms with Crippen LogP contribution in [0.4, 0.5) is 0 Å². The number of aliphatic carboxylic acids is 5. The Kier molecular flexibility index (Phi) is 17.8. The Morgan fingerprint density at radius 3 is 1.47 bits per heavy atom. The first-order valence-corrected chi connectivity index (χ1v) is 8.83. The molecule has 0 fully saturated rings. The van der Waals surface area contributed by atoms with Crippen molar-refractivity contribution in [2.75, 3.05) is 0 Å². The van der Waals surface area contributed by atoms with E-state index in [-0.39, 0.29) is 23.1 Å². The summed E-state index contributed by atoms with van der Waals surface area (Å²) >= 11 is 0. The number of carbonyl (C=O) groups is 6. The Morgan fingerprint density at radius 2 is 1.24 bits per heavy atom. The first-order valence-electron chi connectivity index (χ1n) is 8.83. The molecule has 0 bridgehead atoms. The van der Waals surface area contributed by atoms with Gasteiger partial charge in [-0.2, -0.15) is 0 Å². The molecule has 12 heteroatoms. The van der Waals surface area contributed by atoms with Gasteiger partial charge in [-0.25, -0.2) is 14.4 Å². The average molecular weight is 482 g/mol. The molecule has 2 unspecified atom stereocenters. The van der Waals surface area contributed by atoms with Crippen molar-refractivity contribution in [2.24, 2.45) is 11.8 Å². The van der Waals surface area contributed by atoms with Gasteiger partial charge in [0.25, 0.3) is 0 Å². The fourth-order valence-corrected chi connectivity index (χ4v) is 1.65. The molecule has 0 aromatic heterocycles. The van der Waals surface area contributed by atoms with Gasteiger partial charge in [0.2, 0.25) is 0 Å². The minimum absolute atomic E-state index is 0.0838. The van der Waals surface area contributed by atoms with Crippen molar-refractivity contribution in [1.29, 1.82) is 0 Å². The van der Waals surface area contributed by atoms with E-state index in [9.17, 15) is 28.8 Å². The number of carboxylic acids is 5. The first kappa shape index (κ1) is 33.9. The Balaban J connectivity index is -0.000000425. The van der Waals surface area contributed by atoms with Crippen molar-refractivity contribution in [1.82, 2.24) is 0 Å². The van der Waals surface area contributed by atoms with Crippen molar-refractivity contribution in [3.63, 3.8) is 0 Å². The summed E-state index contributed by atoms with van der Waals surface area (Å²) in [4.78, 5) is 61.9. The topological polar surface area (TPSA) is 213 Å². The Hall–Kier alpha value is -4.74. The molecule has 5 N–H and O–H groups in total. The van der Waals surface area contributed by atoms with Crippen LogP contribution in [0.25, 0.3) is 0 Å². The standard InChI is InChI=1S/C8H10O4.2C7H8O4/c1-3-4-6(8(11)12)5(2)7(9)10;1-3-11-7(10)5(2)4-6(8)9;1-3-5(7(10)11)4(2)6(8)9/h3,6H,1-2,4H2,(H,9,10)(H,11,12);3H,1-2,4H2,(H,8,9);3,5H,1-2H2,(H,8,9)(H,10,11). The Morgan fingerprint density at radius 1 is 0.765 bits per heavy atom. The van der Waals surface area contributed by atoms with Gasteiger partial charge in [0.05, 0.1) is 18.6 Å². The molecule has 0 spiro atoms. The number of hydrogen-bond donors (Lipinski definition) is 5. The Bertz CT molecular complexity index is 878. The lowest BCUT2D eigenvalue weighted by molar-refractivity contribution is -0.143. The van der Waals surface area contributed by atoms with Crippen molar-refractivity contribution >= 4 is 35.8 Å². The second kappa shape index (κ2) is 17.9. The molecule has 186 valence electrons. The summed E-state index contributed by atoms with van der Waals surface area (Å²) in [7, 11) is 0. The first-order chi connectivity index (χ1) is 15.6. The van der Waals surface area contributed by atoms with Gasteiger partial charge in [-0.15, -0.1) is 13.2 Å². The third kappa shape index (κ3) is 15.1. The molecule has 0 aliphatic carbocycles. The lowest BCUT2D eigenvalue weighted by Crippen LogP contribution is -2.19. The molecule has 0 aliphatic rings. The van der Waals surface area contributed by atoms with Gasteiger partial charge >= 0.3 is 35.8 Å². The molecule has 34 heavy (non-hydrogen) atoms. The summed E-state index contributed by atoms with van der Waals surface area (Å²) in [5.41, 5.74) is -0.799. The van der Waals surface area contributed by atoms with Crippen LogP contribution in [0.2, 0.25) is 0 Å².